The number of aromatic nitrogens is 12. The Morgan fingerprint density at radius 3 is 1.09 bits per heavy atom. The monoisotopic (exact) mass is 1560 g/mol. The van der Waals surface area contributed by atoms with Crippen molar-refractivity contribution in [1.29, 1.82) is 10.5 Å². The van der Waals surface area contributed by atoms with Gasteiger partial charge in [-0.2, -0.15) is 25.8 Å². The summed E-state index contributed by atoms with van der Waals surface area (Å²) in [7, 11) is 0. The van der Waals surface area contributed by atoms with Crippen LogP contribution in [0.15, 0.2) is 218 Å². The van der Waals surface area contributed by atoms with E-state index in [1.54, 1.807) is 22.0 Å². The smallest absolute Gasteiger partial charge is 0.264 e. The zero-order valence-electron chi connectivity index (χ0n) is 66.1. The molecule has 0 spiro atoms. The largest absolute Gasteiger partial charge is 0.457 e. The first-order valence-corrected chi connectivity index (χ1v) is 39.3. The van der Waals surface area contributed by atoms with Crippen molar-refractivity contribution in [3.8, 4) is 80.4 Å². The summed E-state index contributed by atoms with van der Waals surface area (Å²) in [5.41, 5.74) is 25.9. The predicted octanol–water partition coefficient (Wildman–Crippen LogP) is 16.7. The highest BCUT2D eigenvalue weighted by Gasteiger charge is 2.34. The molecule has 27 heteroatoms. The molecular formula is C90H91N21O6. The molecule has 16 rings (SSSR count). The standard InChI is InChI=1S/C31H33N7O2.C30H31N7O2.C29H27N7O2/c1-31(2,3)18-25(33-4)30(39)36-21-12-14-22(15-13-21)38-29-26(28(32)34-19-35-29)27(37-38)20-10-16-24(17-11-20)40-23-8-6-5-7-9-23;1-30(2,3)17-21(18-31)29(38)36-15-13-22(14-16-36)37-28-25(27(32)33-19-34-28)26(35-37)20-9-11-24(12-10-20)39-23-7-5-4-6-8-23;30-17-21(16-19-6-7-19)29(37)35-14-12-22(13-15-35)36-28-25(27(31)32-18-33-28)26(34-36)20-8-10-24(11-9-20)38-23-4-2-1-3-5-23/h5-11,16-19,21-22H,12-15H2,1-3H3,(H,36,39)(H2,32,34,35);4-12,17,19,22H,13-16H2,1-3H3,(H2,32,33,34);1-5,8-11,16,18-19,22H,6-7,12-15H2,(H2,31,32,33)/b25-18-;21-17-;21-16-. The molecule has 6 aromatic carbocycles. The van der Waals surface area contributed by atoms with Crippen molar-refractivity contribution in [2.24, 2.45) is 16.7 Å². The normalized spacial score (nSPS) is 16.4. The fraction of sp³-hybridized carbons (Fsp3) is 0.300. The van der Waals surface area contributed by atoms with Crippen LogP contribution in [0.2, 0.25) is 0 Å². The minimum absolute atomic E-state index is 0.00650. The Bertz CT molecular complexity index is 5800. The molecule has 0 unspecified atom stereocenters. The maximum absolute atomic E-state index is 13.0. The van der Waals surface area contributed by atoms with E-state index in [-0.39, 0.29) is 69.6 Å². The molecule has 8 heterocycles. The molecule has 7 N–H and O–H groups in total. The number of carbonyl (C=O) groups excluding carboxylic acids is 3. The number of likely N-dealkylation sites (tertiary alicyclic amines) is 2. The second-order valence-electron chi connectivity index (χ2n) is 31.7. The van der Waals surface area contributed by atoms with Gasteiger partial charge in [-0.25, -0.2) is 48.8 Å². The Morgan fingerprint density at radius 1 is 0.444 bits per heavy atom. The number of anilines is 3. The van der Waals surface area contributed by atoms with Crippen molar-refractivity contribution in [2.75, 3.05) is 43.4 Å². The molecule has 27 nitrogen and oxygen atoms in total. The topological polar surface area (TPSA) is 358 Å². The van der Waals surface area contributed by atoms with Gasteiger partial charge in [0.1, 0.15) is 111 Å². The number of amides is 3. The van der Waals surface area contributed by atoms with Gasteiger partial charge in [-0.1, -0.05) is 114 Å². The maximum atomic E-state index is 13.0. The quantitative estimate of drug-likeness (QED) is 0.0374. The van der Waals surface area contributed by atoms with E-state index in [0.717, 1.165) is 95.0 Å². The number of nitriles is 2. The third kappa shape index (κ3) is 19.1. The van der Waals surface area contributed by atoms with Crippen LogP contribution in [0.5, 0.6) is 34.5 Å². The number of hydrogen-bond acceptors (Lipinski definition) is 20. The number of benzene rings is 6. The van der Waals surface area contributed by atoms with Gasteiger partial charge in [-0.05, 0) is 190 Å². The highest BCUT2D eigenvalue weighted by molar-refractivity contribution is 6.02. The Hall–Kier alpha value is -14.1. The molecule has 2 saturated carbocycles. The van der Waals surface area contributed by atoms with Crippen molar-refractivity contribution in [1.82, 2.24) is 74.4 Å². The lowest BCUT2D eigenvalue weighted by atomic mass is 9.91. The molecule has 4 fully saturated rings. The number of nitrogens with one attached hydrogen (secondary N) is 1. The van der Waals surface area contributed by atoms with Gasteiger partial charge in [-0.3, -0.25) is 14.4 Å². The van der Waals surface area contributed by atoms with Crippen molar-refractivity contribution < 1.29 is 28.6 Å². The number of allylic oxidation sites excluding steroid dienone is 3. The lowest BCUT2D eigenvalue weighted by Gasteiger charge is -2.32. The van der Waals surface area contributed by atoms with E-state index in [9.17, 15) is 24.9 Å². The lowest BCUT2D eigenvalue weighted by molar-refractivity contribution is -0.128. The molecular weight excluding hydrogens is 1470 g/mol. The highest BCUT2D eigenvalue weighted by Crippen LogP contribution is 2.41. The Balaban J connectivity index is 0.000000144. The van der Waals surface area contributed by atoms with E-state index in [0.29, 0.717) is 120 Å². The number of carbonyl (C=O) groups is 3. The number of fused-ring (bicyclic) bond motifs is 3. The third-order valence-corrected chi connectivity index (χ3v) is 20.7. The van der Waals surface area contributed by atoms with Crippen molar-refractivity contribution in [2.45, 2.75) is 130 Å². The van der Waals surface area contributed by atoms with E-state index < -0.39 is 0 Å². The molecule has 2 saturated heterocycles. The predicted molar refractivity (Wildman–Crippen MR) is 448 cm³/mol. The third-order valence-electron chi connectivity index (χ3n) is 20.7. The van der Waals surface area contributed by atoms with Crippen LogP contribution >= 0.6 is 0 Å². The van der Waals surface area contributed by atoms with E-state index in [2.05, 4.69) is 52.2 Å². The van der Waals surface area contributed by atoms with Crippen LogP contribution in [0.25, 0.3) is 71.7 Å². The highest BCUT2D eigenvalue weighted by atomic mass is 16.5. The van der Waals surface area contributed by atoms with Gasteiger partial charge in [0.25, 0.3) is 11.8 Å². The molecule has 2 aliphatic carbocycles. The summed E-state index contributed by atoms with van der Waals surface area (Å²) in [6, 6.07) is 56.4. The number of nitrogens with two attached hydrogens (primary N) is 3. The van der Waals surface area contributed by atoms with Gasteiger partial charge in [0.05, 0.1) is 40.9 Å². The molecule has 117 heavy (non-hydrogen) atoms. The van der Waals surface area contributed by atoms with E-state index in [1.807, 2.05) is 225 Å². The molecule has 6 aromatic heterocycles. The van der Waals surface area contributed by atoms with Gasteiger partial charge in [0.2, 0.25) is 11.6 Å². The molecule has 4 aliphatic rings. The molecule has 0 atom stereocenters. The average Bonchev–Trinajstić information content (AvgIpc) is 1.62. The number of piperidine rings is 2. The van der Waals surface area contributed by atoms with Crippen LogP contribution in [-0.4, -0.2) is 119 Å². The lowest BCUT2D eigenvalue weighted by Crippen LogP contribution is -2.40. The summed E-state index contributed by atoms with van der Waals surface area (Å²) in [6.07, 6.45) is 17.7. The number of ether oxygens (including phenoxy) is 3. The molecule has 592 valence electrons. The van der Waals surface area contributed by atoms with Crippen LogP contribution < -0.4 is 36.7 Å². The molecule has 0 bridgehead atoms. The second kappa shape index (κ2) is 35.1. The fourth-order valence-electron chi connectivity index (χ4n) is 14.8. The van der Waals surface area contributed by atoms with Crippen LogP contribution in [0, 0.1) is 46.0 Å². The van der Waals surface area contributed by atoms with Gasteiger partial charge in [0.15, 0.2) is 16.9 Å². The Labute approximate surface area is 678 Å². The SMILES string of the molecule is CC(C)(C)/C=C(/C#N)C(=O)N1CCC(n2nc(-c3ccc(Oc4ccccc4)cc3)c3c(N)ncnc32)CC1.N#C/C(=C/C1CC1)C(=O)N1CCC(n2nc(-c3ccc(Oc4ccccc4)cc3)c3c(N)ncnc32)CC1.[C-]#[N+]/C(=C\C(C)(C)C)C(=O)NC1CCC(n2nc(-c3ccc(Oc4ccccc4)cc3)c3c(N)ncnc32)CC1. The second-order valence-corrected chi connectivity index (χ2v) is 31.7. The summed E-state index contributed by atoms with van der Waals surface area (Å²) in [6.45, 7) is 21.4. The number of hydrogen-bond donors (Lipinski definition) is 4. The maximum Gasteiger partial charge on any atom is 0.264 e. The zero-order valence-corrected chi connectivity index (χ0v) is 66.1. The zero-order chi connectivity index (χ0) is 81.9. The number of rotatable bonds is 17. The Kier molecular flexibility index (Phi) is 23.8. The first-order valence-electron chi connectivity index (χ1n) is 39.3. The van der Waals surface area contributed by atoms with Crippen molar-refractivity contribution >= 4 is 68.3 Å². The molecule has 0 radical (unpaired) electrons. The van der Waals surface area contributed by atoms with Crippen LogP contribution in [0.3, 0.4) is 0 Å². The van der Waals surface area contributed by atoms with Gasteiger partial charge < -0.3 is 46.5 Å². The minimum Gasteiger partial charge on any atom is -0.457 e. The number of nitrogen functional groups attached to an aromatic ring is 3. The molecule has 2 aliphatic heterocycles. The summed E-state index contributed by atoms with van der Waals surface area (Å²) in [5, 5.41) is 39.1. The first kappa shape index (κ1) is 79.5. The van der Waals surface area contributed by atoms with E-state index in [1.165, 1.54) is 19.0 Å². The molecule has 12 aromatic rings. The summed E-state index contributed by atoms with van der Waals surface area (Å²) >= 11 is 0. The van der Waals surface area contributed by atoms with Gasteiger partial charge >= 0.3 is 0 Å². The average molecular weight is 1560 g/mol. The van der Waals surface area contributed by atoms with Crippen molar-refractivity contribution in [3.63, 3.8) is 0 Å². The van der Waals surface area contributed by atoms with Crippen LogP contribution in [-0.2, 0) is 14.4 Å². The van der Waals surface area contributed by atoms with Gasteiger partial charge in [-0.15, -0.1) is 0 Å². The van der Waals surface area contributed by atoms with Crippen LogP contribution in [0.1, 0.15) is 124 Å². The van der Waals surface area contributed by atoms with Crippen molar-refractivity contribution in [3.05, 3.63) is 229 Å². The number of para-hydroxylation sites is 3. The number of nitrogens with zero attached hydrogens (tertiary/aromatic N) is 17. The summed E-state index contributed by atoms with van der Waals surface area (Å²) in [4.78, 5) is 71.9. The summed E-state index contributed by atoms with van der Waals surface area (Å²) in [5.74, 6) is 5.26. The first-order chi connectivity index (χ1) is 56.5. The van der Waals surface area contributed by atoms with E-state index in [4.69, 9.17) is 53.3 Å². The Morgan fingerprint density at radius 2 is 0.769 bits per heavy atom. The summed E-state index contributed by atoms with van der Waals surface area (Å²) < 4.78 is 23.6. The molecule has 3 amide bonds. The fourth-order valence-corrected chi connectivity index (χ4v) is 14.8. The van der Waals surface area contributed by atoms with Crippen LogP contribution in [0.4, 0.5) is 17.5 Å². The van der Waals surface area contributed by atoms with Gasteiger partial charge in [0, 0.05) is 48.9 Å². The minimum atomic E-state index is -0.305. The van der Waals surface area contributed by atoms with E-state index >= 15 is 0 Å².